The van der Waals surface area contributed by atoms with Crippen LogP contribution in [0.5, 0.6) is 0 Å². The predicted molar refractivity (Wildman–Crippen MR) is 44.3 cm³/mol. The summed E-state index contributed by atoms with van der Waals surface area (Å²) in [5.74, 6) is 0. The molecule has 0 aromatic heterocycles. The molecule has 0 fully saturated rings. The van der Waals surface area contributed by atoms with Gasteiger partial charge < -0.3 is 0 Å². The third-order valence-corrected chi connectivity index (χ3v) is 2.93. The monoisotopic (exact) mass is 237 g/mol. The molecule has 1 heterocycles. The van der Waals surface area contributed by atoms with Crippen molar-refractivity contribution in [3.63, 3.8) is 0 Å². The van der Waals surface area contributed by atoms with Gasteiger partial charge in [0, 0.05) is 6.08 Å². The minimum absolute atomic E-state index is 0.312. The van der Waals surface area contributed by atoms with Crippen LogP contribution in [0.3, 0.4) is 0 Å². The standard InChI is InChI=1S/C5H4INO2/c8-7(9)5-3-1-2-4-6-5/h1-4H. The van der Waals surface area contributed by atoms with Gasteiger partial charge in [-0.1, -0.05) is 12.2 Å². The molecule has 0 radical (unpaired) electrons. The predicted octanol–water partition coefficient (Wildman–Crippen LogP) is 1.45. The SMILES string of the molecule is O=[N+]([O-])C1=IC=CC=C1. The van der Waals surface area contributed by atoms with Gasteiger partial charge in [-0.2, -0.15) is 0 Å². The lowest BCUT2D eigenvalue weighted by atomic mass is 10.5. The largest absolute Gasteiger partial charge is 0.298 e. The number of halogens is 1. The summed E-state index contributed by atoms with van der Waals surface area (Å²) in [6, 6.07) is 0. The van der Waals surface area contributed by atoms with Crippen molar-refractivity contribution >= 4 is 24.4 Å². The minimum atomic E-state index is -0.441. The van der Waals surface area contributed by atoms with Crippen molar-refractivity contribution in [2.24, 2.45) is 0 Å². The van der Waals surface area contributed by atoms with Crippen LogP contribution in [0.4, 0.5) is 0 Å². The molecule has 0 unspecified atom stereocenters. The van der Waals surface area contributed by atoms with Crippen LogP contribution >= 0.6 is 20.7 Å². The zero-order chi connectivity index (χ0) is 6.69. The molecule has 0 bridgehead atoms. The van der Waals surface area contributed by atoms with Crippen LogP contribution in [0.15, 0.2) is 22.3 Å². The Morgan fingerprint density at radius 2 is 2.33 bits per heavy atom. The van der Waals surface area contributed by atoms with E-state index in [4.69, 9.17) is 0 Å². The Labute approximate surface area is 62.0 Å². The van der Waals surface area contributed by atoms with Crippen LogP contribution in [0.1, 0.15) is 0 Å². The molecular formula is C5H4INO2. The van der Waals surface area contributed by atoms with E-state index in [1.807, 2.05) is 10.2 Å². The van der Waals surface area contributed by atoms with Gasteiger partial charge in [0.05, 0.1) is 4.92 Å². The molecule has 0 saturated carbocycles. The van der Waals surface area contributed by atoms with Crippen LogP contribution in [0.2, 0.25) is 0 Å². The van der Waals surface area contributed by atoms with Gasteiger partial charge in [-0.15, -0.1) is 0 Å². The van der Waals surface area contributed by atoms with Gasteiger partial charge in [0.2, 0.25) is 0 Å². The van der Waals surface area contributed by atoms with E-state index in [1.54, 1.807) is 12.2 Å². The first-order valence-electron chi connectivity index (χ1n) is 2.28. The third-order valence-electron chi connectivity index (χ3n) is 0.767. The van der Waals surface area contributed by atoms with E-state index < -0.39 is 20.7 Å². The Balaban J connectivity index is 2.84. The normalized spacial score (nSPS) is 16.2. The average molecular weight is 237 g/mol. The van der Waals surface area contributed by atoms with Gasteiger partial charge in [0.25, 0.3) is 3.63 Å². The maximum atomic E-state index is 10.1. The summed E-state index contributed by atoms with van der Waals surface area (Å²) in [6.07, 6.45) is 5.11. The lowest BCUT2D eigenvalue weighted by Gasteiger charge is -1.88. The zero-order valence-electron chi connectivity index (χ0n) is 4.45. The van der Waals surface area contributed by atoms with Gasteiger partial charge in [-0.05, 0) is 24.8 Å². The van der Waals surface area contributed by atoms with E-state index in [0.29, 0.717) is 3.63 Å². The summed E-state index contributed by atoms with van der Waals surface area (Å²) in [5.41, 5.74) is 0. The first kappa shape index (κ1) is 6.60. The summed E-state index contributed by atoms with van der Waals surface area (Å²) in [4.78, 5) is 9.75. The fourth-order valence-corrected chi connectivity index (χ4v) is 1.87. The summed E-state index contributed by atoms with van der Waals surface area (Å²) >= 11 is -0.441. The lowest BCUT2D eigenvalue weighted by Crippen LogP contribution is -2.05. The number of hydrogen-bond donors (Lipinski definition) is 0. The molecule has 4 heteroatoms. The topological polar surface area (TPSA) is 43.1 Å². The van der Waals surface area contributed by atoms with Crippen molar-refractivity contribution in [2.75, 3.05) is 0 Å². The molecule has 0 aromatic carbocycles. The van der Waals surface area contributed by atoms with Gasteiger partial charge in [0.1, 0.15) is 0 Å². The van der Waals surface area contributed by atoms with E-state index in [1.165, 1.54) is 0 Å². The highest BCUT2D eigenvalue weighted by Gasteiger charge is 2.04. The summed E-state index contributed by atoms with van der Waals surface area (Å²) in [5, 5.41) is 10.1. The lowest BCUT2D eigenvalue weighted by molar-refractivity contribution is -0.342. The van der Waals surface area contributed by atoms with Gasteiger partial charge in [0.15, 0.2) is 0 Å². The number of allylic oxidation sites excluding steroid dienone is 2. The van der Waals surface area contributed by atoms with E-state index in [-0.39, 0.29) is 4.92 Å². The van der Waals surface area contributed by atoms with Crippen LogP contribution in [-0.2, 0) is 0 Å². The van der Waals surface area contributed by atoms with Crippen molar-refractivity contribution in [1.29, 1.82) is 0 Å². The highest BCUT2D eigenvalue weighted by molar-refractivity contribution is 14.2. The highest BCUT2D eigenvalue weighted by Crippen LogP contribution is 2.08. The summed E-state index contributed by atoms with van der Waals surface area (Å²) < 4.78 is 2.24. The van der Waals surface area contributed by atoms with E-state index >= 15 is 0 Å². The van der Waals surface area contributed by atoms with Crippen LogP contribution < -0.4 is 0 Å². The molecule has 3 nitrogen and oxygen atoms in total. The Morgan fingerprint density at radius 3 is 2.67 bits per heavy atom. The fraction of sp³-hybridized carbons (Fsp3) is 0. The number of nitrogens with zero attached hydrogens (tertiary/aromatic N) is 1. The smallest absolute Gasteiger partial charge is 0.258 e. The van der Waals surface area contributed by atoms with Crippen molar-refractivity contribution < 1.29 is 4.92 Å². The van der Waals surface area contributed by atoms with Crippen molar-refractivity contribution in [2.45, 2.75) is 0 Å². The van der Waals surface area contributed by atoms with E-state index in [9.17, 15) is 10.1 Å². The number of nitro groups is 1. The van der Waals surface area contributed by atoms with Crippen molar-refractivity contribution in [1.82, 2.24) is 0 Å². The fourth-order valence-electron chi connectivity index (χ4n) is 0.415. The Morgan fingerprint density at radius 1 is 1.56 bits per heavy atom. The summed E-state index contributed by atoms with van der Waals surface area (Å²) in [7, 11) is 0. The van der Waals surface area contributed by atoms with Crippen LogP contribution in [-0.4, -0.2) is 8.56 Å². The molecule has 0 amide bonds. The third kappa shape index (κ3) is 1.70. The van der Waals surface area contributed by atoms with Crippen molar-refractivity contribution in [3.05, 3.63) is 32.4 Å². The molecule has 0 N–H and O–H groups in total. The average Bonchev–Trinajstić information content (AvgIpc) is 1.90. The first-order chi connectivity index (χ1) is 4.30. The second-order valence-corrected chi connectivity index (χ2v) is 3.81. The molecule has 0 atom stereocenters. The van der Waals surface area contributed by atoms with E-state index in [0.717, 1.165) is 0 Å². The maximum absolute atomic E-state index is 10.1. The maximum Gasteiger partial charge on any atom is 0.298 e. The summed E-state index contributed by atoms with van der Waals surface area (Å²) in [6.45, 7) is 0. The molecular weight excluding hydrogens is 233 g/mol. The van der Waals surface area contributed by atoms with Gasteiger partial charge in [-0.25, -0.2) is 0 Å². The minimum Gasteiger partial charge on any atom is -0.258 e. The molecule has 0 spiro atoms. The second-order valence-electron chi connectivity index (χ2n) is 1.37. The quantitative estimate of drug-likeness (QED) is 0.393. The molecule has 0 aromatic rings. The Hall–Kier alpha value is -0.520. The molecule has 0 aliphatic carbocycles. The molecule has 1 rings (SSSR count). The molecule has 0 saturated heterocycles. The number of rotatable bonds is 1. The second kappa shape index (κ2) is 2.86. The van der Waals surface area contributed by atoms with Crippen molar-refractivity contribution in [3.8, 4) is 0 Å². The van der Waals surface area contributed by atoms with Crippen LogP contribution in [0.25, 0.3) is 0 Å². The van der Waals surface area contributed by atoms with Gasteiger partial charge >= 0.3 is 0 Å². The zero-order valence-corrected chi connectivity index (χ0v) is 6.61. The molecule has 48 valence electrons. The Kier molecular flexibility index (Phi) is 2.10. The molecule has 1 aliphatic heterocycles. The molecule has 9 heavy (non-hydrogen) atoms. The highest BCUT2D eigenvalue weighted by atomic mass is 127. The Bertz CT molecular complexity index is 217. The van der Waals surface area contributed by atoms with Crippen LogP contribution in [0, 0.1) is 10.1 Å². The number of hydrogen-bond acceptors (Lipinski definition) is 2. The van der Waals surface area contributed by atoms with Gasteiger partial charge in [-0.3, -0.25) is 10.1 Å². The molecule has 1 aliphatic rings. The first-order valence-corrected chi connectivity index (χ1v) is 4.61. The van der Waals surface area contributed by atoms with E-state index in [2.05, 4.69) is 0 Å².